The number of unbranched alkanes of at least 4 members (excludes halogenated alkanes) is 2. The molecule has 1 saturated carbocycles. The highest BCUT2D eigenvalue weighted by Gasteiger charge is 2.45. The Kier molecular flexibility index (Phi) is 4.08. The number of amides is 1. The van der Waals surface area contributed by atoms with Gasteiger partial charge in [0.2, 0.25) is 5.91 Å². The number of aliphatic carboxylic acids is 1. The fourth-order valence-corrected chi connectivity index (χ4v) is 1.32. The molecular formula is C10H18N2O3. The van der Waals surface area contributed by atoms with Gasteiger partial charge in [0.25, 0.3) is 0 Å². The summed E-state index contributed by atoms with van der Waals surface area (Å²) < 4.78 is 0. The van der Waals surface area contributed by atoms with E-state index in [1.807, 2.05) is 0 Å². The van der Waals surface area contributed by atoms with E-state index in [0.717, 1.165) is 25.7 Å². The Morgan fingerprint density at radius 1 is 1.27 bits per heavy atom. The molecule has 1 aliphatic carbocycles. The Bertz CT molecular complexity index is 249. The molecule has 0 unspecified atom stereocenters. The van der Waals surface area contributed by atoms with Crippen molar-refractivity contribution in [2.45, 2.75) is 44.1 Å². The van der Waals surface area contributed by atoms with Crippen molar-refractivity contribution in [3.8, 4) is 0 Å². The van der Waals surface area contributed by atoms with Gasteiger partial charge in [0.05, 0.1) is 5.54 Å². The highest BCUT2D eigenvalue weighted by molar-refractivity contribution is 5.88. The molecule has 0 aromatic carbocycles. The minimum Gasteiger partial charge on any atom is -0.481 e. The van der Waals surface area contributed by atoms with Crippen LogP contribution in [0.4, 0.5) is 0 Å². The van der Waals surface area contributed by atoms with Gasteiger partial charge in [0.1, 0.15) is 0 Å². The SMILES string of the molecule is NC1(C(=O)NCCCCCC(=O)O)CC1. The van der Waals surface area contributed by atoms with Crippen LogP contribution >= 0.6 is 0 Å². The summed E-state index contributed by atoms with van der Waals surface area (Å²) in [5, 5.41) is 11.1. The Labute approximate surface area is 89.0 Å². The summed E-state index contributed by atoms with van der Waals surface area (Å²) >= 11 is 0. The van der Waals surface area contributed by atoms with Crippen LogP contribution in [0.5, 0.6) is 0 Å². The van der Waals surface area contributed by atoms with Crippen molar-refractivity contribution in [1.82, 2.24) is 5.32 Å². The molecule has 1 aliphatic rings. The summed E-state index contributed by atoms with van der Waals surface area (Å²) in [5.74, 6) is -0.835. The van der Waals surface area contributed by atoms with Crippen LogP contribution in [0.1, 0.15) is 38.5 Å². The number of nitrogens with two attached hydrogens (primary N) is 1. The van der Waals surface area contributed by atoms with E-state index in [4.69, 9.17) is 10.8 Å². The molecule has 1 amide bonds. The molecule has 0 aromatic rings. The fourth-order valence-electron chi connectivity index (χ4n) is 1.32. The summed E-state index contributed by atoms with van der Waals surface area (Å²) in [5.41, 5.74) is 5.08. The maximum Gasteiger partial charge on any atom is 0.303 e. The molecule has 0 heterocycles. The number of carboxylic acid groups (broad SMARTS) is 1. The fraction of sp³-hybridized carbons (Fsp3) is 0.800. The lowest BCUT2D eigenvalue weighted by atomic mass is 10.2. The normalized spacial score (nSPS) is 17.1. The van der Waals surface area contributed by atoms with E-state index < -0.39 is 11.5 Å². The van der Waals surface area contributed by atoms with E-state index in [-0.39, 0.29) is 12.3 Å². The second-order valence-electron chi connectivity index (χ2n) is 4.12. The minimum absolute atomic E-state index is 0.0688. The summed E-state index contributed by atoms with van der Waals surface area (Å²) in [6.07, 6.45) is 4.06. The number of carbonyl (C=O) groups excluding carboxylic acids is 1. The Morgan fingerprint density at radius 3 is 2.47 bits per heavy atom. The number of carboxylic acids is 1. The van der Waals surface area contributed by atoms with Gasteiger partial charge in [0, 0.05) is 13.0 Å². The lowest BCUT2D eigenvalue weighted by Crippen LogP contribution is -2.42. The van der Waals surface area contributed by atoms with Crippen LogP contribution in [-0.2, 0) is 9.59 Å². The van der Waals surface area contributed by atoms with Gasteiger partial charge in [-0.05, 0) is 25.7 Å². The first-order valence-electron chi connectivity index (χ1n) is 5.33. The predicted octanol–water partition coefficient (Wildman–Crippen LogP) is 0.239. The van der Waals surface area contributed by atoms with Crippen molar-refractivity contribution in [3.05, 3.63) is 0 Å². The average Bonchev–Trinajstić information content (AvgIpc) is 2.90. The van der Waals surface area contributed by atoms with Crippen molar-refractivity contribution in [2.24, 2.45) is 5.73 Å². The molecule has 5 heteroatoms. The van der Waals surface area contributed by atoms with Crippen LogP contribution in [0.15, 0.2) is 0 Å². The number of nitrogens with one attached hydrogen (secondary N) is 1. The lowest BCUT2D eigenvalue weighted by molar-refractivity contribution is -0.137. The van der Waals surface area contributed by atoms with Gasteiger partial charge < -0.3 is 16.2 Å². The Morgan fingerprint density at radius 2 is 1.93 bits per heavy atom. The predicted molar refractivity (Wildman–Crippen MR) is 55.3 cm³/mol. The number of hydrogen-bond acceptors (Lipinski definition) is 3. The molecule has 15 heavy (non-hydrogen) atoms. The third kappa shape index (κ3) is 4.29. The molecule has 1 fully saturated rings. The zero-order chi connectivity index (χ0) is 11.3. The van der Waals surface area contributed by atoms with Gasteiger partial charge in [-0.2, -0.15) is 0 Å². The van der Waals surface area contributed by atoms with E-state index in [1.54, 1.807) is 0 Å². The van der Waals surface area contributed by atoms with Crippen LogP contribution in [0.3, 0.4) is 0 Å². The second-order valence-corrected chi connectivity index (χ2v) is 4.12. The van der Waals surface area contributed by atoms with E-state index in [1.165, 1.54) is 0 Å². The van der Waals surface area contributed by atoms with Crippen LogP contribution in [0.25, 0.3) is 0 Å². The summed E-state index contributed by atoms with van der Waals surface area (Å²) in [7, 11) is 0. The maximum atomic E-state index is 11.3. The highest BCUT2D eigenvalue weighted by atomic mass is 16.4. The monoisotopic (exact) mass is 214 g/mol. The van der Waals surface area contributed by atoms with E-state index in [9.17, 15) is 9.59 Å². The third-order valence-electron chi connectivity index (χ3n) is 2.59. The number of hydrogen-bond donors (Lipinski definition) is 3. The zero-order valence-corrected chi connectivity index (χ0v) is 8.79. The van der Waals surface area contributed by atoms with Crippen molar-refractivity contribution in [1.29, 1.82) is 0 Å². The second kappa shape index (κ2) is 5.11. The molecule has 0 saturated heterocycles. The first-order chi connectivity index (χ1) is 7.04. The highest BCUT2D eigenvalue weighted by Crippen LogP contribution is 2.31. The molecule has 4 N–H and O–H groups in total. The number of rotatable bonds is 7. The van der Waals surface area contributed by atoms with Crippen molar-refractivity contribution in [3.63, 3.8) is 0 Å². The van der Waals surface area contributed by atoms with Gasteiger partial charge in [-0.3, -0.25) is 9.59 Å². The van der Waals surface area contributed by atoms with E-state index >= 15 is 0 Å². The third-order valence-corrected chi connectivity index (χ3v) is 2.59. The molecule has 0 aliphatic heterocycles. The minimum atomic E-state index is -0.766. The molecule has 0 atom stereocenters. The smallest absolute Gasteiger partial charge is 0.303 e. The van der Waals surface area contributed by atoms with Gasteiger partial charge in [-0.15, -0.1) is 0 Å². The maximum absolute atomic E-state index is 11.3. The molecule has 0 bridgehead atoms. The summed E-state index contributed by atoms with van der Waals surface area (Å²) in [4.78, 5) is 21.5. The topological polar surface area (TPSA) is 92.4 Å². The van der Waals surface area contributed by atoms with Crippen molar-refractivity contribution < 1.29 is 14.7 Å². The van der Waals surface area contributed by atoms with Crippen LogP contribution in [0, 0.1) is 0 Å². The van der Waals surface area contributed by atoms with E-state index in [2.05, 4.69) is 5.32 Å². The van der Waals surface area contributed by atoms with Gasteiger partial charge in [-0.1, -0.05) is 6.42 Å². The first kappa shape index (κ1) is 12.0. The first-order valence-corrected chi connectivity index (χ1v) is 5.33. The molecule has 0 radical (unpaired) electrons. The molecule has 0 aromatic heterocycles. The lowest BCUT2D eigenvalue weighted by Gasteiger charge is -2.09. The standard InChI is InChI=1S/C10H18N2O3/c11-10(5-6-10)9(15)12-7-3-1-2-4-8(13)14/h1-7,11H2,(H,12,15)(H,13,14). The molecule has 86 valence electrons. The van der Waals surface area contributed by atoms with E-state index in [0.29, 0.717) is 13.0 Å². The Hall–Kier alpha value is -1.10. The zero-order valence-electron chi connectivity index (χ0n) is 8.79. The van der Waals surface area contributed by atoms with Crippen LogP contribution in [0.2, 0.25) is 0 Å². The molecule has 1 rings (SSSR count). The van der Waals surface area contributed by atoms with Gasteiger partial charge in [0.15, 0.2) is 0 Å². The van der Waals surface area contributed by atoms with Gasteiger partial charge >= 0.3 is 5.97 Å². The molecular weight excluding hydrogens is 196 g/mol. The van der Waals surface area contributed by atoms with Crippen molar-refractivity contribution in [2.75, 3.05) is 6.54 Å². The van der Waals surface area contributed by atoms with Crippen LogP contribution < -0.4 is 11.1 Å². The summed E-state index contributed by atoms with van der Waals surface area (Å²) in [6.45, 7) is 0.595. The van der Waals surface area contributed by atoms with Crippen LogP contribution in [-0.4, -0.2) is 29.1 Å². The quantitative estimate of drug-likeness (QED) is 0.529. The largest absolute Gasteiger partial charge is 0.481 e. The number of carbonyl (C=O) groups is 2. The molecule has 0 spiro atoms. The van der Waals surface area contributed by atoms with Gasteiger partial charge in [-0.25, -0.2) is 0 Å². The van der Waals surface area contributed by atoms with Crippen molar-refractivity contribution >= 4 is 11.9 Å². The Balaban J connectivity index is 1.93. The molecule has 5 nitrogen and oxygen atoms in total. The summed E-state index contributed by atoms with van der Waals surface area (Å²) in [6, 6.07) is 0. The average molecular weight is 214 g/mol.